The third kappa shape index (κ3) is 3.80. The largest absolute Gasteiger partial charge is 0.490 e. The molecule has 0 radical (unpaired) electrons. The maximum Gasteiger partial charge on any atom is 0.224 e. The van der Waals surface area contributed by atoms with Crippen molar-refractivity contribution in [3.05, 3.63) is 53.8 Å². The standard InChI is InChI=1S/C18H19FN2O2/c1-21-9-10-23-17-7-6-15(12-16(17)21)20-18(22)8-5-13-3-2-4-14(19)11-13/h2-4,6-7,11-12H,5,8-10H2,1H3,(H,20,22). The number of rotatable bonds is 4. The smallest absolute Gasteiger partial charge is 0.224 e. The summed E-state index contributed by atoms with van der Waals surface area (Å²) < 4.78 is 18.7. The molecule has 1 aliphatic rings. The summed E-state index contributed by atoms with van der Waals surface area (Å²) in [7, 11) is 2.00. The van der Waals surface area contributed by atoms with Crippen LogP contribution in [0.3, 0.4) is 0 Å². The zero-order valence-electron chi connectivity index (χ0n) is 13.0. The Bertz CT molecular complexity index is 718. The fourth-order valence-electron chi connectivity index (χ4n) is 2.60. The summed E-state index contributed by atoms with van der Waals surface area (Å²) in [6.45, 7) is 1.49. The lowest BCUT2D eigenvalue weighted by molar-refractivity contribution is -0.116. The Morgan fingerprint density at radius 1 is 1.30 bits per heavy atom. The van der Waals surface area contributed by atoms with E-state index in [1.54, 1.807) is 6.07 Å². The first-order valence-corrected chi connectivity index (χ1v) is 7.64. The van der Waals surface area contributed by atoms with E-state index in [9.17, 15) is 9.18 Å². The van der Waals surface area contributed by atoms with Crippen molar-refractivity contribution in [1.29, 1.82) is 0 Å². The Hall–Kier alpha value is -2.56. The quantitative estimate of drug-likeness (QED) is 0.942. The highest BCUT2D eigenvalue weighted by atomic mass is 19.1. The van der Waals surface area contributed by atoms with Gasteiger partial charge < -0.3 is 15.0 Å². The normalized spacial score (nSPS) is 13.2. The van der Waals surface area contributed by atoms with Crippen LogP contribution in [0.1, 0.15) is 12.0 Å². The van der Waals surface area contributed by atoms with Gasteiger partial charge in [0.2, 0.25) is 5.91 Å². The van der Waals surface area contributed by atoms with E-state index >= 15 is 0 Å². The van der Waals surface area contributed by atoms with Gasteiger partial charge in [-0.1, -0.05) is 12.1 Å². The summed E-state index contributed by atoms with van der Waals surface area (Å²) in [6.07, 6.45) is 0.824. The molecule has 0 aliphatic carbocycles. The van der Waals surface area contributed by atoms with Gasteiger partial charge in [0.15, 0.2) is 0 Å². The maximum atomic E-state index is 13.1. The number of carbonyl (C=O) groups excluding carboxylic acids is 1. The molecule has 5 heteroatoms. The first-order valence-electron chi connectivity index (χ1n) is 7.64. The van der Waals surface area contributed by atoms with Gasteiger partial charge in [0.25, 0.3) is 0 Å². The van der Waals surface area contributed by atoms with Crippen LogP contribution in [0.5, 0.6) is 5.75 Å². The lowest BCUT2D eigenvalue weighted by atomic mass is 10.1. The number of likely N-dealkylation sites (N-methyl/N-ethyl adjacent to an activating group) is 1. The summed E-state index contributed by atoms with van der Waals surface area (Å²) in [5.41, 5.74) is 2.53. The number of fused-ring (bicyclic) bond motifs is 1. The molecule has 0 unspecified atom stereocenters. The molecule has 0 fully saturated rings. The fourth-order valence-corrected chi connectivity index (χ4v) is 2.60. The van der Waals surface area contributed by atoms with Crippen LogP contribution < -0.4 is 15.0 Å². The molecule has 0 saturated heterocycles. The molecular weight excluding hydrogens is 295 g/mol. The van der Waals surface area contributed by atoms with E-state index in [1.165, 1.54) is 12.1 Å². The van der Waals surface area contributed by atoms with Crippen LogP contribution >= 0.6 is 0 Å². The van der Waals surface area contributed by atoms with Crippen molar-refractivity contribution in [3.63, 3.8) is 0 Å². The number of amides is 1. The second kappa shape index (κ2) is 6.69. The molecule has 0 saturated carbocycles. The van der Waals surface area contributed by atoms with E-state index in [0.717, 1.165) is 29.2 Å². The van der Waals surface area contributed by atoms with Gasteiger partial charge in [0, 0.05) is 19.2 Å². The number of hydrogen-bond acceptors (Lipinski definition) is 3. The molecule has 2 aromatic carbocycles. The van der Waals surface area contributed by atoms with Crippen LogP contribution in [-0.2, 0) is 11.2 Å². The highest BCUT2D eigenvalue weighted by Gasteiger charge is 2.15. The average Bonchev–Trinajstić information content (AvgIpc) is 2.54. The Labute approximate surface area is 134 Å². The molecule has 0 bridgehead atoms. The SMILES string of the molecule is CN1CCOc2ccc(NC(=O)CCc3cccc(F)c3)cc21. The first-order chi connectivity index (χ1) is 11.1. The molecular formula is C18H19FN2O2. The number of ether oxygens (including phenoxy) is 1. The molecule has 3 rings (SSSR count). The van der Waals surface area contributed by atoms with Crippen molar-refractivity contribution >= 4 is 17.3 Å². The third-order valence-electron chi connectivity index (χ3n) is 3.87. The van der Waals surface area contributed by atoms with E-state index in [1.807, 2.05) is 31.3 Å². The Kier molecular flexibility index (Phi) is 4.46. The van der Waals surface area contributed by atoms with Crippen molar-refractivity contribution in [2.24, 2.45) is 0 Å². The van der Waals surface area contributed by atoms with Crippen molar-refractivity contribution < 1.29 is 13.9 Å². The monoisotopic (exact) mass is 314 g/mol. The maximum absolute atomic E-state index is 13.1. The van der Waals surface area contributed by atoms with Crippen LogP contribution in [0.25, 0.3) is 0 Å². The van der Waals surface area contributed by atoms with Gasteiger partial charge in [0.1, 0.15) is 18.2 Å². The molecule has 1 N–H and O–H groups in total. The Morgan fingerprint density at radius 3 is 3.00 bits per heavy atom. The van der Waals surface area contributed by atoms with E-state index in [-0.39, 0.29) is 11.7 Å². The summed E-state index contributed by atoms with van der Waals surface area (Å²) in [5, 5.41) is 2.88. The van der Waals surface area contributed by atoms with Crippen LogP contribution in [-0.4, -0.2) is 26.1 Å². The number of benzene rings is 2. The van der Waals surface area contributed by atoms with Crippen LogP contribution in [0.4, 0.5) is 15.8 Å². The van der Waals surface area contributed by atoms with Gasteiger partial charge in [-0.05, 0) is 42.3 Å². The molecule has 4 nitrogen and oxygen atoms in total. The second-order valence-electron chi connectivity index (χ2n) is 5.63. The minimum atomic E-state index is -0.277. The van der Waals surface area contributed by atoms with E-state index < -0.39 is 0 Å². The second-order valence-corrected chi connectivity index (χ2v) is 5.63. The van der Waals surface area contributed by atoms with Gasteiger partial charge in [0.05, 0.1) is 12.2 Å². The number of aryl methyl sites for hydroxylation is 1. The number of nitrogens with zero attached hydrogens (tertiary/aromatic N) is 1. The molecule has 1 amide bonds. The van der Waals surface area contributed by atoms with Crippen LogP contribution in [0, 0.1) is 5.82 Å². The Morgan fingerprint density at radius 2 is 2.17 bits per heavy atom. The summed E-state index contributed by atoms with van der Waals surface area (Å²) in [4.78, 5) is 14.2. The molecule has 1 heterocycles. The van der Waals surface area contributed by atoms with E-state index in [0.29, 0.717) is 19.4 Å². The molecule has 120 valence electrons. The molecule has 0 aromatic heterocycles. The van der Waals surface area contributed by atoms with Crippen LogP contribution in [0.2, 0.25) is 0 Å². The van der Waals surface area contributed by atoms with Gasteiger partial charge in [-0.2, -0.15) is 0 Å². The predicted molar refractivity (Wildman–Crippen MR) is 88.6 cm³/mol. The van der Waals surface area contributed by atoms with E-state index in [2.05, 4.69) is 10.2 Å². The number of nitrogens with one attached hydrogen (secondary N) is 1. The number of halogens is 1. The van der Waals surface area contributed by atoms with Crippen molar-refractivity contribution in [1.82, 2.24) is 0 Å². The lowest BCUT2D eigenvalue weighted by Crippen LogP contribution is -2.28. The lowest BCUT2D eigenvalue weighted by Gasteiger charge is -2.28. The van der Waals surface area contributed by atoms with Gasteiger partial charge in [-0.15, -0.1) is 0 Å². The van der Waals surface area contributed by atoms with E-state index in [4.69, 9.17) is 4.74 Å². The molecule has 2 aromatic rings. The summed E-state index contributed by atoms with van der Waals surface area (Å²) >= 11 is 0. The zero-order chi connectivity index (χ0) is 16.2. The topological polar surface area (TPSA) is 41.6 Å². The Balaban J connectivity index is 1.61. The van der Waals surface area contributed by atoms with Gasteiger partial charge >= 0.3 is 0 Å². The minimum Gasteiger partial charge on any atom is -0.490 e. The average molecular weight is 314 g/mol. The molecule has 0 atom stereocenters. The highest BCUT2D eigenvalue weighted by molar-refractivity contribution is 5.91. The zero-order valence-corrected chi connectivity index (χ0v) is 13.0. The van der Waals surface area contributed by atoms with Crippen molar-refractivity contribution in [2.45, 2.75) is 12.8 Å². The number of anilines is 2. The first kappa shape index (κ1) is 15.3. The van der Waals surface area contributed by atoms with Crippen LogP contribution in [0.15, 0.2) is 42.5 Å². The fraction of sp³-hybridized carbons (Fsp3) is 0.278. The van der Waals surface area contributed by atoms with Crippen molar-refractivity contribution in [2.75, 3.05) is 30.4 Å². The summed E-state index contributed by atoms with van der Waals surface area (Å²) in [5.74, 6) is 0.464. The molecule has 23 heavy (non-hydrogen) atoms. The van der Waals surface area contributed by atoms with Gasteiger partial charge in [-0.3, -0.25) is 4.79 Å². The van der Waals surface area contributed by atoms with Gasteiger partial charge in [-0.25, -0.2) is 4.39 Å². The third-order valence-corrected chi connectivity index (χ3v) is 3.87. The summed E-state index contributed by atoms with van der Waals surface area (Å²) in [6, 6.07) is 11.9. The molecule has 1 aliphatic heterocycles. The number of hydrogen-bond donors (Lipinski definition) is 1. The number of carbonyl (C=O) groups is 1. The molecule has 0 spiro atoms. The predicted octanol–water partition coefficient (Wildman–Crippen LogP) is 3.23. The minimum absolute atomic E-state index is 0.0893. The highest BCUT2D eigenvalue weighted by Crippen LogP contribution is 2.33. The van der Waals surface area contributed by atoms with Crippen molar-refractivity contribution in [3.8, 4) is 5.75 Å².